The summed E-state index contributed by atoms with van der Waals surface area (Å²) in [6.07, 6.45) is 1.67. The molecule has 0 saturated carbocycles. The van der Waals surface area contributed by atoms with Gasteiger partial charge in [-0.05, 0) is 41.8 Å². The molecule has 4 rings (SSSR count). The van der Waals surface area contributed by atoms with E-state index in [1.165, 1.54) is 14.4 Å². The van der Waals surface area contributed by atoms with Gasteiger partial charge in [-0.15, -0.1) is 22.7 Å². The van der Waals surface area contributed by atoms with Crippen molar-refractivity contribution in [2.24, 2.45) is 0 Å². The summed E-state index contributed by atoms with van der Waals surface area (Å²) in [5.41, 5.74) is 1.46. The van der Waals surface area contributed by atoms with Gasteiger partial charge in [-0.25, -0.2) is 0 Å². The van der Waals surface area contributed by atoms with E-state index in [0.717, 1.165) is 10.6 Å². The topological polar surface area (TPSA) is 34.9 Å². The van der Waals surface area contributed by atoms with Crippen molar-refractivity contribution in [1.29, 1.82) is 0 Å². The van der Waals surface area contributed by atoms with Gasteiger partial charge in [-0.2, -0.15) is 9.78 Å². The Hall–Kier alpha value is -2.50. The molecule has 112 valence electrons. The van der Waals surface area contributed by atoms with Crippen LogP contribution in [0.5, 0.6) is 0 Å². The molecule has 23 heavy (non-hydrogen) atoms. The van der Waals surface area contributed by atoms with Crippen LogP contribution in [0.2, 0.25) is 0 Å². The van der Waals surface area contributed by atoms with E-state index in [0.29, 0.717) is 5.56 Å². The standard InChI is InChI=1S/C18H12N2OS2/c21-18(13-5-2-1-3-6-13)20-14(10-11-19-20)15-8-9-17(23-15)16-7-4-12-22-16/h1-12H. The highest BCUT2D eigenvalue weighted by Gasteiger charge is 2.16. The highest BCUT2D eigenvalue weighted by Crippen LogP contribution is 2.36. The van der Waals surface area contributed by atoms with E-state index >= 15 is 0 Å². The first-order valence-corrected chi connectivity index (χ1v) is 8.80. The van der Waals surface area contributed by atoms with Crippen LogP contribution in [0.4, 0.5) is 0 Å². The second kappa shape index (κ2) is 5.95. The maximum absolute atomic E-state index is 12.6. The molecular weight excluding hydrogens is 324 g/mol. The molecule has 5 heteroatoms. The summed E-state index contributed by atoms with van der Waals surface area (Å²) < 4.78 is 1.47. The van der Waals surface area contributed by atoms with Crippen LogP contribution in [0.25, 0.3) is 20.3 Å². The summed E-state index contributed by atoms with van der Waals surface area (Å²) in [4.78, 5) is 16.1. The van der Waals surface area contributed by atoms with Crippen molar-refractivity contribution in [1.82, 2.24) is 9.78 Å². The molecule has 0 radical (unpaired) electrons. The van der Waals surface area contributed by atoms with Crippen LogP contribution in [0, 0.1) is 0 Å². The molecule has 0 saturated heterocycles. The third-order valence-corrected chi connectivity index (χ3v) is 5.65. The summed E-state index contributed by atoms with van der Waals surface area (Å²) in [6, 6.07) is 19.4. The SMILES string of the molecule is O=C(c1ccccc1)n1nccc1-c1ccc(-c2cccs2)s1. The van der Waals surface area contributed by atoms with Gasteiger partial charge in [0.05, 0.1) is 16.8 Å². The summed E-state index contributed by atoms with van der Waals surface area (Å²) in [5.74, 6) is -0.114. The molecule has 0 amide bonds. The van der Waals surface area contributed by atoms with Gasteiger partial charge in [0.1, 0.15) is 0 Å². The monoisotopic (exact) mass is 336 g/mol. The highest BCUT2D eigenvalue weighted by molar-refractivity contribution is 7.23. The molecule has 0 spiro atoms. The Labute approximate surface area is 141 Å². The van der Waals surface area contributed by atoms with Crippen LogP contribution in [-0.2, 0) is 0 Å². The average molecular weight is 336 g/mol. The van der Waals surface area contributed by atoms with Crippen LogP contribution in [0.3, 0.4) is 0 Å². The lowest BCUT2D eigenvalue weighted by Gasteiger charge is -2.04. The lowest BCUT2D eigenvalue weighted by atomic mass is 10.2. The number of hydrogen-bond donors (Lipinski definition) is 0. The zero-order chi connectivity index (χ0) is 15.6. The van der Waals surface area contributed by atoms with Crippen molar-refractivity contribution in [3.63, 3.8) is 0 Å². The Morgan fingerprint density at radius 2 is 1.70 bits per heavy atom. The molecule has 0 bridgehead atoms. The van der Waals surface area contributed by atoms with Crippen LogP contribution in [0.1, 0.15) is 10.4 Å². The molecule has 0 fully saturated rings. The van der Waals surface area contributed by atoms with Crippen molar-refractivity contribution in [2.45, 2.75) is 0 Å². The Morgan fingerprint density at radius 1 is 0.870 bits per heavy atom. The molecule has 0 aliphatic rings. The maximum atomic E-state index is 12.6. The van der Waals surface area contributed by atoms with Gasteiger partial charge in [-0.1, -0.05) is 24.3 Å². The third kappa shape index (κ3) is 2.65. The van der Waals surface area contributed by atoms with E-state index in [4.69, 9.17) is 0 Å². The average Bonchev–Trinajstić information content (AvgIpc) is 3.34. The molecule has 3 heterocycles. The zero-order valence-electron chi connectivity index (χ0n) is 12.0. The van der Waals surface area contributed by atoms with Gasteiger partial charge in [0, 0.05) is 15.3 Å². The molecule has 0 N–H and O–H groups in total. The fourth-order valence-corrected chi connectivity index (χ4v) is 4.23. The van der Waals surface area contributed by atoms with Crippen LogP contribution < -0.4 is 0 Å². The number of nitrogens with zero attached hydrogens (tertiary/aromatic N) is 2. The van der Waals surface area contributed by atoms with Gasteiger partial charge in [-0.3, -0.25) is 4.79 Å². The van der Waals surface area contributed by atoms with Gasteiger partial charge in [0.15, 0.2) is 0 Å². The fourth-order valence-electron chi connectivity index (χ4n) is 2.38. The van der Waals surface area contributed by atoms with E-state index in [1.807, 2.05) is 36.4 Å². The zero-order valence-corrected chi connectivity index (χ0v) is 13.7. The fraction of sp³-hybridized carbons (Fsp3) is 0. The number of carbonyl (C=O) groups is 1. The molecule has 3 nitrogen and oxygen atoms in total. The largest absolute Gasteiger partial charge is 0.278 e. The minimum atomic E-state index is -0.114. The third-order valence-electron chi connectivity index (χ3n) is 3.48. The maximum Gasteiger partial charge on any atom is 0.278 e. The van der Waals surface area contributed by atoms with Gasteiger partial charge >= 0.3 is 0 Å². The second-order valence-electron chi connectivity index (χ2n) is 4.94. The first kappa shape index (κ1) is 14.1. The summed E-state index contributed by atoms with van der Waals surface area (Å²) >= 11 is 3.39. The minimum Gasteiger partial charge on any atom is -0.267 e. The molecule has 1 aromatic carbocycles. The van der Waals surface area contributed by atoms with Gasteiger partial charge < -0.3 is 0 Å². The second-order valence-corrected chi connectivity index (χ2v) is 6.97. The Bertz CT molecular complexity index is 937. The Morgan fingerprint density at radius 3 is 2.48 bits per heavy atom. The molecule has 0 unspecified atom stereocenters. The number of benzene rings is 1. The number of rotatable bonds is 3. The number of thiophene rings is 2. The minimum absolute atomic E-state index is 0.114. The smallest absolute Gasteiger partial charge is 0.267 e. The van der Waals surface area contributed by atoms with Crippen molar-refractivity contribution >= 4 is 28.6 Å². The molecular formula is C18H12N2OS2. The van der Waals surface area contributed by atoms with Gasteiger partial charge in [0.2, 0.25) is 0 Å². The van der Waals surface area contributed by atoms with E-state index < -0.39 is 0 Å². The van der Waals surface area contributed by atoms with Crippen molar-refractivity contribution in [3.05, 3.63) is 77.8 Å². The van der Waals surface area contributed by atoms with E-state index in [-0.39, 0.29) is 5.91 Å². The molecule has 0 aliphatic carbocycles. The van der Waals surface area contributed by atoms with Crippen LogP contribution in [0.15, 0.2) is 72.2 Å². The molecule has 0 atom stereocenters. The van der Waals surface area contributed by atoms with E-state index in [1.54, 1.807) is 41.0 Å². The van der Waals surface area contributed by atoms with Crippen LogP contribution >= 0.6 is 22.7 Å². The predicted octanol–water partition coefficient (Wildman–Crippen LogP) is 5.03. The lowest BCUT2D eigenvalue weighted by molar-refractivity contribution is 0.0947. The summed E-state index contributed by atoms with van der Waals surface area (Å²) in [5, 5.41) is 6.28. The molecule has 4 aromatic rings. The molecule has 3 aromatic heterocycles. The Kier molecular flexibility index (Phi) is 3.65. The number of aromatic nitrogens is 2. The summed E-state index contributed by atoms with van der Waals surface area (Å²) in [6.45, 7) is 0. The van der Waals surface area contributed by atoms with Crippen molar-refractivity contribution in [2.75, 3.05) is 0 Å². The lowest BCUT2D eigenvalue weighted by Crippen LogP contribution is -2.14. The molecule has 0 aliphatic heterocycles. The Balaban J connectivity index is 1.72. The first-order valence-electron chi connectivity index (χ1n) is 7.11. The number of carbonyl (C=O) groups excluding carboxylic acids is 1. The highest BCUT2D eigenvalue weighted by atomic mass is 32.1. The van der Waals surface area contributed by atoms with Crippen molar-refractivity contribution < 1.29 is 4.79 Å². The van der Waals surface area contributed by atoms with Crippen molar-refractivity contribution in [3.8, 4) is 20.3 Å². The van der Waals surface area contributed by atoms with E-state index in [9.17, 15) is 4.79 Å². The summed E-state index contributed by atoms with van der Waals surface area (Å²) in [7, 11) is 0. The first-order chi connectivity index (χ1) is 11.3. The normalized spacial score (nSPS) is 10.8. The predicted molar refractivity (Wildman–Crippen MR) is 95.0 cm³/mol. The quantitative estimate of drug-likeness (QED) is 0.526. The van der Waals surface area contributed by atoms with E-state index in [2.05, 4.69) is 22.6 Å². The van der Waals surface area contributed by atoms with Crippen LogP contribution in [-0.4, -0.2) is 15.7 Å². The van der Waals surface area contributed by atoms with Gasteiger partial charge in [0.25, 0.3) is 5.91 Å². The number of hydrogen-bond acceptors (Lipinski definition) is 4.